The third kappa shape index (κ3) is 3.83. The maximum absolute atomic E-state index is 9.56. The molecule has 182 valence electrons. The second-order valence-corrected chi connectivity index (χ2v) is 9.11. The van der Waals surface area contributed by atoms with Crippen molar-refractivity contribution >= 4 is 22.1 Å². The van der Waals surface area contributed by atoms with Gasteiger partial charge in [0.25, 0.3) is 0 Å². The average Bonchev–Trinajstić information content (AvgIpc) is 3.74. The number of aromatic nitrogens is 4. The molecule has 0 aliphatic carbocycles. The van der Waals surface area contributed by atoms with Gasteiger partial charge in [-0.25, -0.2) is 9.97 Å². The first-order valence-electron chi connectivity index (χ1n) is 12.3. The van der Waals surface area contributed by atoms with E-state index < -0.39 is 0 Å². The Labute approximate surface area is 222 Å². The van der Waals surface area contributed by atoms with Crippen LogP contribution >= 0.6 is 0 Å². The monoisotopic (exact) mass is 502 g/mol. The number of aromatic amines is 2. The predicted molar refractivity (Wildman–Crippen MR) is 149 cm³/mol. The lowest BCUT2D eigenvalue weighted by atomic mass is 10.0. The molecule has 39 heavy (non-hydrogen) atoms. The van der Waals surface area contributed by atoms with Gasteiger partial charge in [-0.05, 0) is 72.8 Å². The molecule has 7 heteroatoms. The van der Waals surface area contributed by atoms with Crippen LogP contribution in [0.5, 0.6) is 0 Å². The Kier molecular flexibility index (Phi) is 5.07. The third-order valence-corrected chi connectivity index (χ3v) is 6.72. The van der Waals surface area contributed by atoms with Gasteiger partial charge in [0.05, 0.1) is 45.3 Å². The molecule has 0 aliphatic rings. The van der Waals surface area contributed by atoms with Crippen LogP contribution in [-0.2, 0) is 0 Å². The summed E-state index contributed by atoms with van der Waals surface area (Å²) in [4.78, 5) is 16.2. The number of nitriles is 2. The molecule has 0 unspecified atom stereocenters. The van der Waals surface area contributed by atoms with Crippen molar-refractivity contribution < 1.29 is 4.42 Å². The number of hydrogen-bond donors (Lipinski definition) is 2. The van der Waals surface area contributed by atoms with E-state index in [1.165, 1.54) is 0 Å². The summed E-state index contributed by atoms with van der Waals surface area (Å²) < 4.78 is 6.43. The highest BCUT2D eigenvalue weighted by Crippen LogP contribution is 2.38. The van der Waals surface area contributed by atoms with E-state index in [1.807, 2.05) is 84.9 Å². The van der Waals surface area contributed by atoms with Crippen LogP contribution in [0.1, 0.15) is 11.1 Å². The van der Waals surface area contributed by atoms with E-state index >= 15 is 0 Å². The van der Waals surface area contributed by atoms with Crippen molar-refractivity contribution in [1.82, 2.24) is 19.9 Å². The molecule has 0 spiro atoms. The topological polar surface area (TPSA) is 118 Å². The Morgan fingerprint density at radius 1 is 0.538 bits per heavy atom. The van der Waals surface area contributed by atoms with Crippen molar-refractivity contribution in [2.45, 2.75) is 0 Å². The van der Waals surface area contributed by atoms with Gasteiger partial charge in [0.1, 0.15) is 23.2 Å². The highest BCUT2D eigenvalue weighted by atomic mass is 16.3. The molecule has 0 bridgehead atoms. The van der Waals surface area contributed by atoms with E-state index in [2.05, 4.69) is 22.1 Å². The molecule has 0 radical (unpaired) electrons. The lowest BCUT2D eigenvalue weighted by Gasteiger charge is -2.08. The number of benzene rings is 4. The van der Waals surface area contributed by atoms with Gasteiger partial charge in [0.15, 0.2) is 0 Å². The zero-order valence-corrected chi connectivity index (χ0v) is 20.4. The molecule has 3 aromatic heterocycles. The second kappa shape index (κ2) is 8.88. The number of rotatable bonds is 4. The molecule has 3 heterocycles. The van der Waals surface area contributed by atoms with Gasteiger partial charge in [-0.1, -0.05) is 24.3 Å². The molecule has 7 rings (SSSR count). The Balaban J connectivity index is 1.36. The number of imidazole rings is 2. The molecule has 0 amide bonds. The number of furan rings is 1. The zero-order valence-electron chi connectivity index (χ0n) is 20.4. The van der Waals surface area contributed by atoms with Crippen LogP contribution in [0.2, 0.25) is 0 Å². The number of nitrogens with zero attached hydrogens (tertiary/aromatic N) is 4. The molecule has 0 fully saturated rings. The van der Waals surface area contributed by atoms with Crippen molar-refractivity contribution in [1.29, 1.82) is 10.5 Å². The highest BCUT2D eigenvalue weighted by Gasteiger charge is 2.19. The fourth-order valence-corrected chi connectivity index (χ4v) is 4.84. The lowest BCUT2D eigenvalue weighted by molar-refractivity contribution is 0.597. The summed E-state index contributed by atoms with van der Waals surface area (Å²) in [5.41, 5.74) is 7.70. The first-order chi connectivity index (χ1) is 19.2. The van der Waals surface area contributed by atoms with E-state index in [0.29, 0.717) is 34.3 Å². The average molecular weight is 503 g/mol. The lowest BCUT2D eigenvalue weighted by Crippen LogP contribution is -1.89. The molecule has 7 nitrogen and oxygen atoms in total. The quantitative estimate of drug-likeness (QED) is 0.259. The Morgan fingerprint density at radius 3 is 1.44 bits per heavy atom. The zero-order chi connectivity index (χ0) is 26.3. The Morgan fingerprint density at radius 2 is 1.00 bits per heavy atom. The van der Waals surface area contributed by atoms with Crippen molar-refractivity contribution in [3.8, 4) is 57.6 Å². The second-order valence-electron chi connectivity index (χ2n) is 9.11. The Hall–Kier alpha value is -5.92. The van der Waals surface area contributed by atoms with Crippen molar-refractivity contribution in [2.75, 3.05) is 0 Å². The normalized spacial score (nSPS) is 11.0. The van der Waals surface area contributed by atoms with E-state index in [9.17, 15) is 10.5 Å². The number of H-pyrrole nitrogens is 2. The number of para-hydroxylation sites is 4. The maximum atomic E-state index is 9.56. The van der Waals surface area contributed by atoms with Crippen LogP contribution < -0.4 is 0 Å². The molecule has 0 atom stereocenters. The summed E-state index contributed by atoms with van der Waals surface area (Å²) in [6.07, 6.45) is 0. The fourth-order valence-electron chi connectivity index (χ4n) is 4.84. The molecular formula is C32H18N6O. The van der Waals surface area contributed by atoms with Crippen LogP contribution in [0.25, 0.3) is 67.5 Å². The van der Waals surface area contributed by atoms with Crippen molar-refractivity contribution in [3.05, 3.63) is 108 Å². The molecular weight excluding hydrogens is 484 g/mol. The van der Waals surface area contributed by atoms with Crippen LogP contribution in [0.3, 0.4) is 0 Å². The van der Waals surface area contributed by atoms with E-state index in [1.54, 1.807) is 12.1 Å². The van der Waals surface area contributed by atoms with Gasteiger partial charge in [-0.2, -0.15) is 10.5 Å². The van der Waals surface area contributed by atoms with Crippen LogP contribution in [0.4, 0.5) is 0 Å². The summed E-state index contributed by atoms with van der Waals surface area (Å²) >= 11 is 0. The molecule has 0 saturated heterocycles. The van der Waals surface area contributed by atoms with E-state index in [-0.39, 0.29) is 0 Å². The third-order valence-electron chi connectivity index (χ3n) is 6.72. The minimum absolute atomic E-state index is 0.528. The van der Waals surface area contributed by atoms with Gasteiger partial charge in [0, 0.05) is 22.3 Å². The van der Waals surface area contributed by atoms with Crippen molar-refractivity contribution in [3.63, 3.8) is 0 Å². The molecule has 0 aliphatic heterocycles. The van der Waals surface area contributed by atoms with E-state index in [0.717, 1.165) is 44.3 Å². The largest absolute Gasteiger partial charge is 0.456 e. The van der Waals surface area contributed by atoms with E-state index in [4.69, 9.17) is 14.4 Å². The number of hydrogen-bond acceptors (Lipinski definition) is 5. The summed E-state index contributed by atoms with van der Waals surface area (Å²) in [6, 6.07) is 34.8. The first-order valence-corrected chi connectivity index (χ1v) is 12.3. The standard InChI is InChI=1S/C32H18N6O/c33-17-19-9-11-21(23(15-19)31-35-25-5-1-2-6-26(25)36-31)29-13-14-30(39-29)22-12-10-20(18-34)16-24(22)32-37-27-7-3-4-8-28(27)38-32/h1-16H,(H,35,36)(H,37,38). The maximum Gasteiger partial charge on any atom is 0.139 e. The van der Waals surface area contributed by atoms with Crippen molar-refractivity contribution in [2.24, 2.45) is 0 Å². The molecule has 0 saturated carbocycles. The highest BCUT2D eigenvalue weighted by molar-refractivity contribution is 5.88. The minimum Gasteiger partial charge on any atom is -0.456 e. The summed E-state index contributed by atoms with van der Waals surface area (Å²) in [5, 5.41) is 19.1. The van der Waals surface area contributed by atoms with Gasteiger partial charge in [0.2, 0.25) is 0 Å². The van der Waals surface area contributed by atoms with Gasteiger partial charge < -0.3 is 14.4 Å². The number of nitrogens with one attached hydrogen (secondary N) is 2. The summed E-state index contributed by atoms with van der Waals surface area (Å²) in [5.74, 6) is 2.57. The van der Waals surface area contributed by atoms with Crippen LogP contribution in [0.15, 0.2) is 101 Å². The first kappa shape index (κ1) is 22.3. The molecule has 7 aromatic rings. The predicted octanol–water partition coefficient (Wildman–Crippen LogP) is 7.44. The Bertz CT molecular complexity index is 1900. The van der Waals surface area contributed by atoms with Crippen LogP contribution in [-0.4, -0.2) is 19.9 Å². The smallest absolute Gasteiger partial charge is 0.139 e. The molecule has 2 N–H and O–H groups in total. The SMILES string of the molecule is N#Cc1ccc(-c2ccc(-c3ccc(C#N)cc3-c3nc4ccccc4[nH]3)o2)c(-c2nc3ccccc3[nH]2)c1. The fraction of sp³-hybridized carbons (Fsp3) is 0. The van der Waals surface area contributed by atoms with Gasteiger partial charge in [-0.3, -0.25) is 0 Å². The van der Waals surface area contributed by atoms with Gasteiger partial charge >= 0.3 is 0 Å². The minimum atomic E-state index is 0.528. The number of fused-ring (bicyclic) bond motifs is 2. The van der Waals surface area contributed by atoms with Gasteiger partial charge in [-0.15, -0.1) is 0 Å². The summed E-state index contributed by atoms with van der Waals surface area (Å²) in [7, 11) is 0. The van der Waals surface area contributed by atoms with Crippen LogP contribution in [0, 0.1) is 22.7 Å². The summed E-state index contributed by atoms with van der Waals surface area (Å²) in [6.45, 7) is 0. The molecule has 4 aromatic carbocycles.